The summed E-state index contributed by atoms with van der Waals surface area (Å²) in [6.07, 6.45) is 3.02. The van der Waals surface area contributed by atoms with Crippen LogP contribution < -0.4 is 5.32 Å². The van der Waals surface area contributed by atoms with E-state index < -0.39 is 0 Å². The van der Waals surface area contributed by atoms with Gasteiger partial charge >= 0.3 is 0 Å². The first-order chi connectivity index (χ1) is 5.27. The highest BCUT2D eigenvalue weighted by atomic mass is 16.5. The molecule has 64 valence electrons. The Morgan fingerprint density at radius 1 is 1.64 bits per heavy atom. The number of rotatable bonds is 2. The van der Waals surface area contributed by atoms with Crippen LogP contribution in [0.1, 0.15) is 26.2 Å². The molecule has 2 atom stereocenters. The van der Waals surface area contributed by atoms with E-state index >= 15 is 0 Å². The molecule has 0 aromatic carbocycles. The van der Waals surface area contributed by atoms with Gasteiger partial charge in [0, 0.05) is 7.05 Å². The molecule has 3 nitrogen and oxygen atoms in total. The fraction of sp³-hybridized carbons (Fsp3) is 0.875. The van der Waals surface area contributed by atoms with Gasteiger partial charge in [0.15, 0.2) is 0 Å². The van der Waals surface area contributed by atoms with Crippen molar-refractivity contribution < 1.29 is 9.53 Å². The summed E-state index contributed by atoms with van der Waals surface area (Å²) in [5, 5.41) is 2.59. The lowest BCUT2D eigenvalue weighted by atomic mass is 10.1. The third kappa shape index (κ3) is 1.93. The van der Waals surface area contributed by atoms with Crippen LogP contribution in [0.5, 0.6) is 0 Å². The molecule has 0 radical (unpaired) electrons. The highest BCUT2D eigenvalue weighted by Crippen LogP contribution is 2.21. The molecule has 0 saturated carbocycles. The van der Waals surface area contributed by atoms with E-state index in [1.807, 2.05) is 0 Å². The molecule has 1 heterocycles. The molecule has 0 aliphatic carbocycles. The van der Waals surface area contributed by atoms with Gasteiger partial charge in [-0.05, 0) is 19.3 Å². The number of carbonyl (C=O) groups is 1. The van der Waals surface area contributed by atoms with Gasteiger partial charge in [0.05, 0.1) is 6.10 Å². The average Bonchev–Trinajstić information content (AvgIpc) is 2.50. The van der Waals surface area contributed by atoms with Crippen LogP contribution in [0, 0.1) is 0 Å². The second kappa shape index (κ2) is 3.72. The number of likely N-dealkylation sites (N-methyl/N-ethyl adjacent to an activating group) is 1. The summed E-state index contributed by atoms with van der Waals surface area (Å²) >= 11 is 0. The first-order valence-electron chi connectivity index (χ1n) is 4.15. The van der Waals surface area contributed by atoms with Crippen molar-refractivity contribution in [3.63, 3.8) is 0 Å². The van der Waals surface area contributed by atoms with Crippen molar-refractivity contribution in [3.05, 3.63) is 0 Å². The standard InChI is InChI=1S/C8H15NO2/c1-3-6-4-5-7(11-6)8(10)9-2/h6-7H,3-5H2,1-2H3,(H,9,10). The number of ether oxygens (including phenoxy) is 1. The molecule has 2 unspecified atom stereocenters. The van der Waals surface area contributed by atoms with Gasteiger partial charge in [0.2, 0.25) is 5.91 Å². The minimum absolute atomic E-state index is 0.0148. The minimum atomic E-state index is -0.190. The minimum Gasteiger partial charge on any atom is -0.365 e. The van der Waals surface area contributed by atoms with Gasteiger partial charge in [0.1, 0.15) is 6.10 Å². The zero-order chi connectivity index (χ0) is 8.27. The average molecular weight is 157 g/mol. The van der Waals surface area contributed by atoms with Crippen molar-refractivity contribution in [1.82, 2.24) is 5.32 Å². The van der Waals surface area contributed by atoms with Crippen LogP contribution in [0.3, 0.4) is 0 Å². The van der Waals surface area contributed by atoms with Gasteiger partial charge in [0.25, 0.3) is 0 Å². The Hall–Kier alpha value is -0.570. The molecule has 1 N–H and O–H groups in total. The van der Waals surface area contributed by atoms with Gasteiger partial charge in [-0.1, -0.05) is 6.92 Å². The summed E-state index contributed by atoms with van der Waals surface area (Å²) < 4.78 is 5.45. The van der Waals surface area contributed by atoms with Crippen molar-refractivity contribution in [2.75, 3.05) is 7.05 Å². The molecule has 1 aliphatic rings. The van der Waals surface area contributed by atoms with Gasteiger partial charge in [-0.25, -0.2) is 0 Å². The molecule has 1 aliphatic heterocycles. The molecule has 1 amide bonds. The van der Waals surface area contributed by atoms with Crippen LogP contribution in [-0.4, -0.2) is 25.2 Å². The molecular formula is C8H15NO2. The lowest BCUT2D eigenvalue weighted by Gasteiger charge is -2.09. The normalized spacial score (nSPS) is 30.4. The van der Waals surface area contributed by atoms with Crippen molar-refractivity contribution in [2.24, 2.45) is 0 Å². The Morgan fingerprint density at radius 2 is 2.36 bits per heavy atom. The monoisotopic (exact) mass is 157 g/mol. The molecule has 1 rings (SSSR count). The number of amides is 1. The molecule has 0 aromatic rings. The molecule has 0 aromatic heterocycles. The lowest BCUT2D eigenvalue weighted by Crippen LogP contribution is -2.31. The van der Waals surface area contributed by atoms with E-state index in [1.165, 1.54) is 0 Å². The van der Waals surface area contributed by atoms with Crippen molar-refractivity contribution in [3.8, 4) is 0 Å². The Morgan fingerprint density at radius 3 is 2.82 bits per heavy atom. The zero-order valence-corrected chi connectivity index (χ0v) is 7.09. The molecule has 11 heavy (non-hydrogen) atoms. The Kier molecular flexibility index (Phi) is 2.88. The molecule has 0 spiro atoms. The lowest BCUT2D eigenvalue weighted by molar-refractivity contribution is -0.131. The second-order valence-corrected chi connectivity index (χ2v) is 2.85. The van der Waals surface area contributed by atoms with Gasteiger partial charge in [-0.2, -0.15) is 0 Å². The van der Waals surface area contributed by atoms with Gasteiger partial charge in [-0.3, -0.25) is 4.79 Å². The van der Waals surface area contributed by atoms with E-state index in [4.69, 9.17) is 4.74 Å². The summed E-state index contributed by atoms with van der Waals surface area (Å²) in [7, 11) is 1.64. The van der Waals surface area contributed by atoms with E-state index in [0.717, 1.165) is 19.3 Å². The number of hydrogen-bond donors (Lipinski definition) is 1. The van der Waals surface area contributed by atoms with Gasteiger partial charge < -0.3 is 10.1 Å². The van der Waals surface area contributed by atoms with E-state index in [2.05, 4.69) is 12.2 Å². The molecule has 1 saturated heterocycles. The Bertz CT molecular complexity index is 147. The summed E-state index contributed by atoms with van der Waals surface area (Å²) in [5.41, 5.74) is 0. The summed E-state index contributed by atoms with van der Waals surface area (Å²) in [6.45, 7) is 2.08. The van der Waals surface area contributed by atoms with Crippen LogP contribution in [0.25, 0.3) is 0 Å². The molecule has 0 bridgehead atoms. The molecule has 3 heteroatoms. The summed E-state index contributed by atoms with van der Waals surface area (Å²) in [6, 6.07) is 0. The summed E-state index contributed by atoms with van der Waals surface area (Å²) in [5.74, 6) is 0.0148. The fourth-order valence-electron chi connectivity index (χ4n) is 1.36. The van der Waals surface area contributed by atoms with E-state index in [-0.39, 0.29) is 12.0 Å². The third-order valence-electron chi connectivity index (χ3n) is 2.10. The highest BCUT2D eigenvalue weighted by molar-refractivity contribution is 5.80. The maximum atomic E-state index is 11.0. The van der Waals surface area contributed by atoms with Crippen LogP contribution >= 0.6 is 0 Å². The van der Waals surface area contributed by atoms with Gasteiger partial charge in [-0.15, -0.1) is 0 Å². The van der Waals surface area contributed by atoms with Crippen LogP contribution in [0.2, 0.25) is 0 Å². The maximum Gasteiger partial charge on any atom is 0.248 e. The topological polar surface area (TPSA) is 38.3 Å². The fourth-order valence-corrected chi connectivity index (χ4v) is 1.36. The van der Waals surface area contributed by atoms with E-state index in [0.29, 0.717) is 6.10 Å². The Balaban J connectivity index is 2.35. The van der Waals surface area contributed by atoms with Crippen LogP contribution in [0.15, 0.2) is 0 Å². The van der Waals surface area contributed by atoms with Crippen LogP contribution in [-0.2, 0) is 9.53 Å². The van der Waals surface area contributed by atoms with Crippen LogP contribution in [0.4, 0.5) is 0 Å². The number of carbonyl (C=O) groups excluding carboxylic acids is 1. The Labute approximate surface area is 67.1 Å². The zero-order valence-electron chi connectivity index (χ0n) is 7.09. The number of nitrogens with one attached hydrogen (secondary N) is 1. The molecular weight excluding hydrogens is 142 g/mol. The molecule has 1 fully saturated rings. The van der Waals surface area contributed by atoms with Crippen molar-refractivity contribution >= 4 is 5.91 Å². The predicted molar refractivity (Wildman–Crippen MR) is 42.3 cm³/mol. The smallest absolute Gasteiger partial charge is 0.248 e. The highest BCUT2D eigenvalue weighted by Gasteiger charge is 2.28. The maximum absolute atomic E-state index is 11.0. The quantitative estimate of drug-likeness (QED) is 0.640. The predicted octanol–water partition coefficient (Wildman–Crippen LogP) is 0.690. The first kappa shape index (κ1) is 8.53. The first-order valence-corrected chi connectivity index (χ1v) is 4.15. The SMILES string of the molecule is CCC1CCC(C(=O)NC)O1. The van der Waals surface area contributed by atoms with Crippen molar-refractivity contribution in [1.29, 1.82) is 0 Å². The third-order valence-corrected chi connectivity index (χ3v) is 2.10. The van der Waals surface area contributed by atoms with Crippen molar-refractivity contribution in [2.45, 2.75) is 38.4 Å². The largest absolute Gasteiger partial charge is 0.365 e. The number of hydrogen-bond acceptors (Lipinski definition) is 2. The second-order valence-electron chi connectivity index (χ2n) is 2.85. The van der Waals surface area contributed by atoms with E-state index in [9.17, 15) is 4.79 Å². The van der Waals surface area contributed by atoms with E-state index in [1.54, 1.807) is 7.05 Å². The summed E-state index contributed by atoms with van der Waals surface area (Å²) in [4.78, 5) is 11.0.